The van der Waals surface area contributed by atoms with Crippen LogP contribution in [0.2, 0.25) is 5.02 Å². The van der Waals surface area contributed by atoms with Gasteiger partial charge in [-0.3, -0.25) is 4.90 Å². The highest BCUT2D eigenvalue weighted by molar-refractivity contribution is 6.32. The van der Waals surface area contributed by atoms with E-state index in [-0.39, 0.29) is 28.9 Å². The van der Waals surface area contributed by atoms with Crippen LogP contribution in [0.3, 0.4) is 0 Å². The highest BCUT2D eigenvalue weighted by Gasteiger charge is 2.43. The number of hydrogen-bond acceptors (Lipinski definition) is 7. The molecule has 2 aromatic heterocycles. The molecule has 0 unspecified atom stereocenters. The number of nitrogens with zero attached hydrogens (tertiary/aromatic N) is 4. The van der Waals surface area contributed by atoms with Gasteiger partial charge in [-0.15, -0.1) is 0 Å². The summed E-state index contributed by atoms with van der Waals surface area (Å²) in [5.74, 6) is 0.880. The van der Waals surface area contributed by atoms with E-state index in [4.69, 9.17) is 16.3 Å². The molecule has 9 heteroatoms. The standard InChI is InChI=1S/C25H30ClFN6O/c1-24(2)13-17(14-25(3,4)33(24)5)30-22-19(27)15-29-23(32-22)31-16-9-10-20(18(26)12-16)34-21-8-6-7-11-28-21/h6-12,15,17H,13-14H2,1-5H3,(H2,29,30,31,32). The van der Waals surface area contributed by atoms with Crippen molar-refractivity contribution < 1.29 is 9.13 Å². The average Bonchev–Trinajstić information content (AvgIpc) is 2.77. The molecule has 0 saturated carbocycles. The van der Waals surface area contributed by atoms with E-state index in [1.807, 2.05) is 12.1 Å². The number of halogens is 2. The quantitative estimate of drug-likeness (QED) is 0.427. The Balaban J connectivity index is 1.48. The summed E-state index contributed by atoms with van der Waals surface area (Å²) in [6.45, 7) is 8.82. The zero-order valence-corrected chi connectivity index (χ0v) is 20.8. The summed E-state index contributed by atoms with van der Waals surface area (Å²) in [6.07, 6.45) is 4.55. The molecule has 180 valence electrons. The molecule has 1 saturated heterocycles. The summed E-state index contributed by atoms with van der Waals surface area (Å²) in [4.78, 5) is 15.0. The van der Waals surface area contributed by atoms with Crippen molar-refractivity contribution in [1.29, 1.82) is 0 Å². The molecule has 2 N–H and O–H groups in total. The number of anilines is 3. The van der Waals surface area contributed by atoms with Crippen LogP contribution in [0.5, 0.6) is 11.6 Å². The summed E-state index contributed by atoms with van der Waals surface area (Å²) in [6, 6.07) is 10.7. The Hall–Kier alpha value is -2.97. The molecule has 34 heavy (non-hydrogen) atoms. The van der Waals surface area contributed by atoms with Gasteiger partial charge in [0.05, 0.1) is 11.2 Å². The fraction of sp³-hybridized carbons (Fsp3) is 0.400. The summed E-state index contributed by atoms with van der Waals surface area (Å²) in [5, 5.41) is 6.79. The van der Waals surface area contributed by atoms with Gasteiger partial charge in [-0.1, -0.05) is 17.7 Å². The molecule has 1 aromatic carbocycles. The molecule has 3 aromatic rings. The number of piperidine rings is 1. The van der Waals surface area contributed by atoms with E-state index in [2.05, 4.69) is 65.2 Å². The second-order valence-corrected chi connectivity index (χ2v) is 10.3. The maximum Gasteiger partial charge on any atom is 0.229 e. The van der Waals surface area contributed by atoms with Gasteiger partial charge in [-0.2, -0.15) is 4.98 Å². The molecule has 1 aliphatic heterocycles. The zero-order valence-electron chi connectivity index (χ0n) is 20.1. The molecule has 0 atom stereocenters. The maximum atomic E-state index is 14.6. The van der Waals surface area contributed by atoms with Crippen LogP contribution in [0.1, 0.15) is 40.5 Å². The average molecular weight is 485 g/mol. The number of hydrogen-bond donors (Lipinski definition) is 2. The van der Waals surface area contributed by atoms with E-state index < -0.39 is 5.82 Å². The minimum Gasteiger partial charge on any atom is -0.437 e. The zero-order chi connectivity index (χ0) is 24.5. The van der Waals surface area contributed by atoms with E-state index in [0.29, 0.717) is 22.3 Å². The van der Waals surface area contributed by atoms with Gasteiger partial charge in [0.2, 0.25) is 11.8 Å². The molecule has 0 radical (unpaired) electrons. The SMILES string of the molecule is CN1C(C)(C)CC(Nc2nc(Nc3ccc(Oc4ccccn4)c(Cl)c3)ncc2F)CC1(C)C. The van der Waals surface area contributed by atoms with E-state index >= 15 is 0 Å². The lowest BCUT2D eigenvalue weighted by molar-refractivity contribution is -0.00778. The summed E-state index contributed by atoms with van der Waals surface area (Å²) < 4.78 is 20.3. The summed E-state index contributed by atoms with van der Waals surface area (Å²) >= 11 is 6.39. The van der Waals surface area contributed by atoms with E-state index in [0.717, 1.165) is 12.8 Å². The smallest absolute Gasteiger partial charge is 0.229 e. The van der Waals surface area contributed by atoms with E-state index in [9.17, 15) is 4.39 Å². The fourth-order valence-corrected chi connectivity index (χ4v) is 4.73. The molecule has 0 aliphatic carbocycles. The van der Waals surface area contributed by atoms with Gasteiger partial charge in [0.15, 0.2) is 11.6 Å². The van der Waals surface area contributed by atoms with Crippen LogP contribution in [0.4, 0.5) is 21.8 Å². The molecule has 4 rings (SSSR count). The van der Waals surface area contributed by atoms with Crippen molar-refractivity contribution >= 4 is 29.1 Å². The third-order valence-electron chi connectivity index (χ3n) is 6.43. The first-order valence-corrected chi connectivity index (χ1v) is 11.6. The van der Waals surface area contributed by atoms with Gasteiger partial charge in [-0.05, 0) is 71.8 Å². The Bertz CT molecular complexity index is 1140. The van der Waals surface area contributed by atoms with Crippen molar-refractivity contribution in [2.45, 2.75) is 57.7 Å². The lowest BCUT2D eigenvalue weighted by Gasteiger charge is -2.53. The minimum absolute atomic E-state index is 0.0279. The Labute approximate surface area is 204 Å². The van der Waals surface area contributed by atoms with Crippen LogP contribution in [0, 0.1) is 5.82 Å². The number of benzene rings is 1. The first kappa shape index (κ1) is 24.2. The van der Waals surface area contributed by atoms with Crippen LogP contribution >= 0.6 is 11.6 Å². The van der Waals surface area contributed by atoms with Crippen molar-refractivity contribution in [1.82, 2.24) is 19.9 Å². The normalized spacial score (nSPS) is 17.9. The van der Waals surface area contributed by atoms with Crippen LogP contribution in [0.25, 0.3) is 0 Å². The topological polar surface area (TPSA) is 75.2 Å². The minimum atomic E-state index is -0.489. The van der Waals surface area contributed by atoms with Gasteiger partial charge < -0.3 is 15.4 Å². The first-order chi connectivity index (χ1) is 16.0. The largest absolute Gasteiger partial charge is 0.437 e. The summed E-state index contributed by atoms with van der Waals surface area (Å²) in [5.41, 5.74) is 0.595. The number of nitrogens with one attached hydrogen (secondary N) is 2. The maximum absolute atomic E-state index is 14.6. The van der Waals surface area contributed by atoms with Crippen LogP contribution < -0.4 is 15.4 Å². The molecule has 1 fully saturated rings. The number of pyridine rings is 1. The van der Waals surface area contributed by atoms with E-state index in [1.165, 1.54) is 6.20 Å². The van der Waals surface area contributed by atoms with E-state index in [1.54, 1.807) is 30.5 Å². The van der Waals surface area contributed by atoms with Crippen molar-refractivity contribution in [3.63, 3.8) is 0 Å². The highest BCUT2D eigenvalue weighted by Crippen LogP contribution is 2.38. The summed E-state index contributed by atoms with van der Waals surface area (Å²) in [7, 11) is 2.14. The third kappa shape index (κ3) is 5.39. The van der Waals surface area contributed by atoms with Crippen molar-refractivity contribution in [2.75, 3.05) is 17.7 Å². The molecule has 0 bridgehead atoms. The predicted molar refractivity (Wildman–Crippen MR) is 134 cm³/mol. The molecule has 0 amide bonds. The Morgan fingerprint density at radius 2 is 1.82 bits per heavy atom. The van der Waals surface area contributed by atoms with Crippen molar-refractivity contribution in [3.8, 4) is 11.6 Å². The van der Waals surface area contributed by atoms with Crippen molar-refractivity contribution in [3.05, 3.63) is 59.6 Å². The van der Waals surface area contributed by atoms with Gasteiger partial charge in [0, 0.05) is 35.1 Å². The second-order valence-electron chi connectivity index (χ2n) is 9.86. The van der Waals surface area contributed by atoms with Gasteiger partial charge in [-0.25, -0.2) is 14.4 Å². The second kappa shape index (κ2) is 9.35. The first-order valence-electron chi connectivity index (χ1n) is 11.2. The van der Waals surface area contributed by atoms with Gasteiger partial charge >= 0.3 is 0 Å². The number of aromatic nitrogens is 3. The highest BCUT2D eigenvalue weighted by atomic mass is 35.5. The van der Waals surface area contributed by atoms with Crippen molar-refractivity contribution in [2.24, 2.45) is 0 Å². The molecule has 0 spiro atoms. The molecule has 3 heterocycles. The monoisotopic (exact) mass is 484 g/mol. The molecule has 1 aliphatic rings. The van der Waals surface area contributed by atoms with Gasteiger partial charge in [0.1, 0.15) is 5.75 Å². The number of rotatable bonds is 6. The van der Waals surface area contributed by atoms with Crippen LogP contribution in [0.15, 0.2) is 48.8 Å². The molecule has 7 nitrogen and oxygen atoms in total. The van der Waals surface area contributed by atoms with Crippen LogP contribution in [-0.2, 0) is 0 Å². The number of likely N-dealkylation sites (tertiary alicyclic amines) is 1. The lowest BCUT2D eigenvalue weighted by atomic mass is 9.77. The predicted octanol–water partition coefficient (Wildman–Crippen LogP) is 6.26. The van der Waals surface area contributed by atoms with Crippen LogP contribution in [-0.4, -0.2) is 44.0 Å². The molecular weight excluding hydrogens is 455 g/mol. The third-order valence-corrected chi connectivity index (χ3v) is 6.73. The Kier molecular flexibility index (Phi) is 6.64. The molecular formula is C25H30ClFN6O. The number of ether oxygens (including phenoxy) is 1. The lowest BCUT2D eigenvalue weighted by Crippen LogP contribution is -2.61. The Morgan fingerprint density at radius 1 is 1.09 bits per heavy atom. The van der Waals surface area contributed by atoms with Gasteiger partial charge in [0.25, 0.3) is 0 Å². The fourth-order valence-electron chi connectivity index (χ4n) is 4.51. The Morgan fingerprint density at radius 3 is 2.47 bits per heavy atom.